The van der Waals surface area contributed by atoms with E-state index in [2.05, 4.69) is 96.9 Å². The molecule has 24 heavy (non-hydrogen) atoms. The Morgan fingerprint density at radius 1 is 0.417 bits per heavy atom. The standard InChI is InChI=1S/2C8H16.C8H18/c2*1-7(2,3)8(4)5-6-8;1-7(2,3)8(4,5)6/h2*5-6H2,1-4H3;1-6H3. The van der Waals surface area contributed by atoms with Crippen LogP contribution in [0.3, 0.4) is 0 Å². The zero-order chi connectivity index (χ0) is 19.8. The Morgan fingerprint density at radius 3 is 0.583 bits per heavy atom. The second kappa shape index (κ2) is 6.96. The fraction of sp³-hybridized carbons (Fsp3) is 1.00. The highest BCUT2D eigenvalue weighted by Crippen LogP contribution is 2.58. The molecule has 0 nitrogen and oxygen atoms in total. The number of hydrogen-bond donors (Lipinski definition) is 0. The minimum Gasteiger partial charge on any atom is -0.0597 e. The third-order valence-electron chi connectivity index (χ3n) is 7.87. The summed E-state index contributed by atoms with van der Waals surface area (Å²) >= 11 is 0. The molecule has 2 fully saturated rings. The highest BCUT2D eigenvalue weighted by atomic mass is 14.5. The van der Waals surface area contributed by atoms with Crippen molar-refractivity contribution >= 4 is 0 Å². The smallest absolute Gasteiger partial charge is 0.0277 e. The minimum atomic E-state index is 0.437. The van der Waals surface area contributed by atoms with E-state index in [4.69, 9.17) is 0 Å². The van der Waals surface area contributed by atoms with Gasteiger partial charge in [-0.25, -0.2) is 0 Å². The monoisotopic (exact) mass is 338 g/mol. The number of rotatable bonds is 0. The lowest BCUT2D eigenvalue weighted by atomic mass is 9.71. The van der Waals surface area contributed by atoms with Crippen molar-refractivity contribution in [1.29, 1.82) is 0 Å². The molecule has 2 aliphatic carbocycles. The van der Waals surface area contributed by atoms with Gasteiger partial charge in [0.2, 0.25) is 0 Å². The molecule has 2 aliphatic rings. The quantitative estimate of drug-likeness (QED) is 0.414. The SMILES string of the molecule is CC(C)(C)C(C)(C)C.CC(C)(C)C1(C)CC1.CC(C)(C)C1(C)CC1. The van der Waals surface area contributed by atoms with E-state index in [0.29, 0.717) is 32.5 Å². The van der Waals surface area contributed by atoms with E-state index in [1.165, 1.54) is 25.7 Å². The Bertz CT molecular complexity index is 303. The van der Waals surface area contributed by atoms with Gasteiger partial charge in [0, 0.05) is 0 Å². The van der Waals surface area contributed by atoms with Crippen molar-refractivity contribution in [3.8, 4) is 0 Å². The average molecular weight is 339 g/mol. The van der Waals surface area contributed by atoms with Crippen LogP contribution in [-0.2, 0) is 0 Å². The van der Waals surface area contributed by atoms with Crippen molar-refractivity contribution in [1.82, 2.24) is 0 Å². The van der Waals surface area contributed by atoms with Crippen molar-refractivity contribution in [2.24, 2.45) is 32.5 Å². The molecule has 0 amide bonds. The van der Waals surface area contributed by atoms with Crippen molar-refractivity contribution in [2.45, 2.75) is 123 Å². The van der Waals surface area contributed by atoms with Crippen LogP contribution in [0, 0.1) is 32.5 Å². The normalized spacial score (nSPS) is 21.8. The van der Waals surface area contributed by atoms with E-state index in [1.54, 1.807) is 0 Å². The van der Waals surface area contributed by atoms with Crippen molar-refractivity contribution < 1.29 is 0 Å². The van der Waals surface area contributed by atoms with Gasteiger partial charge in [-0.1, -0.05) is 96.9 Å². The third-order valence-corrected chi connectivity index (χ3v) is 7.87. The van der Waals surface area contributed by atoms with Gasteiger partial charge in [0.1, 0.15) is 0 Å². The molecule has 0 saturated heterocycles. The van der Waals surface area contributed by atoms with Crippen molar-refractivity contribution in [3.63, 3.8) is 0 Å². The van der Waals surface area contributed by atoms with E-state index in [9.17, 15) is 0 Å². The molecule has 0 N–H and O–H groups in total. The first kappa shape index (κ1) is 24.0. The van der Waals surface area contributed by atoms with Crippen LogP contribution in [0.25, 0.3) is 0 Å². The maximum atomic E-state index is 2.38. The lowest BCUT2D eigenvalue weighted by Gasteiger charge is -2.34. The summed E-state index contributed by atoms with van der Waals surface area (Å²) in [6.07, 6.45) is 5.76. The summed E-state index contributed by atoms with van der Waals surface area (Å²) in [6, 6.07) is 0. The molecule has 0 unspecified atom stereocenters. The van der Waals surface area contributed by atoms with Crippen LogP contribution >= 0.6 is 0 Å². The molecule has 146 valence electrons. The maximum absolute atomic E-state index is 2.38. The molecule has 0 spiro atoms. The van der Waals surface area contributed by atoms with Gasteiger partial charge >= 0.3 is 0 Å². The van der Waals surface area contributed by atoms with Crippen LogP contribution in [0.4, 0.5) is 0 Å². The zero-order valence-electron chi connectivity index (χ0n) is 19.8. The first-order chi connectivity index (χ1) is 10.2. The largest absolute Gasteiger partial charge is 0.0597 e. The molecule has 0 heterocycles. The summed E-state index contributed by atoms with van der Waals surface area (Å²) in [6.45, 7) is 32.4. The van der Waals surface area contributed by atoms with Crippen LogP contribution in [-0.4, -0.2) is 0 Å². The summed E-state index contributed by atoms with van der Waals surface area (Å²) in [4.78, 5) is 0. The van der Waals surface area contributed by atoms with E-state index in [-0.39, 0.29) is 0 Å². The molecule has 0 aromatic rings. The average Bonchev–Trinajstić information content (AvgIpc) is 3.15. The molecule has 0 aromatic heterocycles. The highest BCUT2D eigenvalue weighted by Gasteiger charge is 2.47. The van der Waals surface area contributed by atoms with Crippen LogP contribution in [0.15, 0.2) is 0 Å². The maximum Gasteiger partial charge on any atom is -0.0277 e. The fourth-order valence-corrected chi connectivity index (χ4v) is 1.87. The van der Waals surface area contributed by atoms with Crippen molar-refractivity contribution in [3.05, 3.63) is 0 Å². The second-order valence-corrected chi connectivity index (χ2v) is 13.1. The first-order valence-electron chi connectivity index (χ1n) is 10.2. The Hall–Kier alpha value is 0. The van der Waals surface area contributed by atoms with Gasteiger partial charge in [-0.05, 0) is 58.2 Å². The third kappa shape index (κ3) is 7.09. The Balaban J connectivity index is 0.000000331. The molecule has 0 bridgehead atoms. The molecule has 2 saturated carbocycles. The topological polar surface area (TPSA) is 0 Å². The Labute approximate surface area is 155 Å². The Kier molecular flexibility index (Phi) is 6.96. The molecule has 0 radical (unpaired) electrons. The molecule has 0 aliphatic heterocycles. The van der Waals surface area contributed by atoms with Crippen LogP contribution in [0.2, 0.25) is 0 Å². The van der Waals surface area contributed by atoms with Gasteiger partial charge in [-0.3, -0.25) is 0 Å². The van der Waals surface area contributed by atoms with Gasteiger partial charge in [0.15, 0.2) is 0 Å². The van der Waals surface area contributed by atoms with E-state index in [0.717, 1.165) is 0 Å². The van der Waals surface area contributed by atoms with Gasteiger partial charge in [-0.15, -0.1) is 0 Å². The summed E-state index contributed by atoms with van der Waals surface area (Å²) < 4.78 is 0. The summed E-state index contributed by atoms with van der Waals surface area (Å²) in [5, 5.41) is 0. The lowest BCUT2D eigenvalue weighted by Crippen LogP contribution is -2.25. The minimum absolute atomic E-state index is 0.437. The molecule has 0 atom stereocenters. The van der Waals surface area contributed by atoms with Gasteiger partial charge in [0.05, 0.1) is 0 Å². The molecule has 2 rings (SSSR count). The molecular weight excluding hydrogens is 288 g/mol. The predicted molar refractivity (Wildman–Crippen MR) is 113 cm³/mol. The second-order valence-electron chi connectivity index (χ2n) is 13.1. The fourth-order valence-electron chi connectivity index (χ4n) is 1.87. The summed E-state index contributed by atoms with van der Waals surface area (Å²) in [5.74, 6) is 0. The Morgan fingerprint density at radius 2 is 0.583 bits per heavy atom. The molecule has 0 aromatic carbocycles. The summed E-state index contributed by atoms with van der Waals surface area (Å²) in [5.41, 5.74) is 3.35. The van der Waals surface area contributed by atoms with Crippen LogP contribution < -0.4 is 0 Å². The summed E-state index contributed by atoms with van der Waals surface area (Å²) in [7, 11) is 0. The number of hydrogen-bond acceptors (Lipinski definition) is 0. The van der Waals surface area contributed by atoms with Crippen molar-refractivity contribution in [2.75, 3.05) is 0 Å². The van der Waals surface area contributed by atoms with Gasteiger partial charge in [0.25, 0.3) is 0 Å². The predicted octanol–water partition coefficient (Wildman–Crippen LogP) is 8.74. The zero-order valence-corrected chi connectivity index (χ0v) is 19.8. The van der Waals surface area contributed by atoms with Gasteiger partial charge in [-0.2, -0.15) is 0 Å². The van der Waals surface area contributed by atoms with E-state index < -0.39 is 0 Å². The van der Waals surface area contributed by atoms with Crippen LogP contribution in [0.5, 0.6) is 0 Å². The molecular formula is C24H50. The molecule has 0 heteroatoms. The van der Waals surface area contributed by atoms with Gasteiger partial charge < -0.3 is 0 Å². The lowest BCUT2D eigenvalue weighted by molar-refractivity contribution is 0.157. The highest BCUT2D eigenvalue weighted by molar-refractivity contribution is 4.98. The van der Waals surface area contributed by atoms with Crippen LogP contribution in [0.1, 0.15) is 123 Å². The first-order valence-corrected chi connectivity index (χ1v) is 10.2. The van der Waals surface area contributed by atoms with E-state index >= 15 is 0 Å². The van der Waals surface area contributed by atoms with E-state index in [1.807, 2.05) is 0 Å².